The van der Waals surface area contributed by atoms with E-state index in [0.29, 0.717) is 10.0 Å². The van der Waals surface area contributed by atoms with Crippen LogP contribution in [0.1, 0.15) is 5.56 Å². The van der Waals surface area contributed by atoms with Crippen LogP contribution in [0.4, 0.5) is 0 Å². The molecule has 0 aliphatic rings. The largest absolute Gasteiger partial charge is 0.386 e. The number of nitrogens with one attached hydrogen (secondary N) is 1. The van der Waals surface area contributed by atoms with Crippen LogP contribution in [0, 0.1) is 5.41 Å². The van der Waals surface area contributed by atoms with Crippen LogP contribution in [0.3, 0.4) is 0 Å². The summed E-state index contributed by atoms with van der Waals surface area (Å²) < 4.78 is 0. The highest BCUT2D eigenvalue weighted by Gasteiger charge is 2.00. The molecular weight excluding hydrogens is 221 g/mol. The lowest BCUT2D eigenvalue weighted by Crippen LogP contribution is -2.13. The minimum atomic E-state index is 0.0133. The summed E-state index contributed by atoms with van der Waals surface area (Å²) in [6, 6.07) is 5.27. The summed E-state index contributed by atoms with van der Waals surface area (Å²) in [6.07, 6.45) is 1.55. The highest BCUT2D eigenvalue weighted by Crippen LogP contribution is 2.24. The van der Waals surface area contributed by atoms with Gasteiger partial charge in [0.25, 0.3) is 0 Å². The molecule has 0 spiro atoms. The smallest absolute Gasteiger partial charge is 0.113 e. The van der Waals surface area contributed by atoms with Gasteiger partial charge in [-0.1, -0.05) is 35.3 Å². The second-order valence-corrected chi connectivity index (χ2v) is 3.42. The first-order valence-corrected chi connectivity index (χ1v) is 4.63. The van der Waals surface area contributed by atoms with E-state index in [1.165, 1.54) is 0 Å². The maximum atomic E-state index is 6.96. The molecule has 1 rings (SSSR count). The Morgan fingerprint density at radius 3 is 2.86 bits per heavy atom. The molecular formula is C9H9Cl2N3. The van der Waals surface area contributed by atoms with Crippen molar-refractivity contribution in [3.05, 3.63) is 33.8 Å². The Kier molecular flexibility index (Phi) is 3.92. The monoisotopic (exact) mass is 229 g/mol. The molecule has 0 aromatic heterocycles. The standard InChI is InChI=1S/C9H9Cl2N3/c10-7-3-1-2-6(9(7)11)4-14-5-8(12)13/h1-4H,5H2,(H3,12,13). The number of rotatable bonds is 3. The van der Waals surface area contributed by atoms with Crippen molar-refractivity contribution in [1.82, 2.24) is 0 Å². The summed E-state index contributed by atoms with van der Waals surface area (Å²) >= 11 is 11.7. The van der Waals surface area contributed by atoms with Crippen molar-refractivity contribution in [2.75, 3.05) is 6.54 Å². The lowest BCUT2D eigenvalue weighted by atomic mass is 10.2. The number of aliphatic imine (C=N–C) groups is 1. The number of nitrogens with two attached hydrogens (primary N) is 1. The molecule has 0 fully saturated rings. The van der Waals surface area contributed by atoms with Gasteiger partial charge < -0.3 is 5.73 Å². The van der Waals surface area contributed by atoms with Crippen LogP contribution < -0.4 is 5.73 Å². The quantitative estimate of drug-likeness (QED) is 0.607. The number of halogens is 2. The number of nitrogens with zero attached hydrogens (tertiary/aromatic N) is 1. The third kappa shape index (κ3) is 3.01. The molecule has 0 amide bonds. The van der Waals surface area contributed by atoms with Crippen molar-refractivity contribution in [2.24, 2.45) is 10.7 Å². The molecule has 74 valence electrons. The van der Waals surface area contributed by atoms with Crippen molar-refractivity contribution in [3.8, 4) is 0 Å². The van der Waals surface area contributed by atoms with E-state index in [4.69, 9.17) is 34.3 Å². The Morgan fingerprint density at radius 2 is 2.21 bits per heavy atom. The maximum Gasteiger partial charge on any atom is 0.113 e. The fraction of sp³-hybridized carbons (Fsp3) is 0.111. The molecule has 14 heavy (non-hydrogen) atoms. The third-order valence-corrected chi connectivity index (χ3v) is 2.31. The molecule has 0 bridgehead atoms. The first-order valence-electron chi connectivity index (χ1n) is 3.88. The van der Waals surface area contributed by atoms with E-state index in [2.05, 4.69) is 4.99 Å². The van der Waals surface area contributed by atoms with Gasteiger partial charge in [0.1, 0.15) is 5.84 Å². The van der Waals surface area contributed by atoms with Crippen molar-refractivity contribution in [3.63, 3.8) is 0 Å². The molecule has 0 heterocycles. The van der Waals surface area contributed by atoms with E-state index in [-0.39, 0.29) is 12.4 Å². The van der Waals surface area contributed by atoms with E-state index >= 15 is 0 Å². The molecule has 1 aromatic rings. The van der Waals surface area contributed by atoms with Crippen LogP contribution in [0.15, 0.2) is 23.2 Å². The lowest BCUT2D eigenvalue weighted by molar-refractivity contribution is 1.24. The summed E-state index contributed by atoms with van der Waals surface area (Å²) in [5.41, 5.74) is 5.86. The van der Waals surface area contributed by atoms with E-state index in [9.17, 15) is 0 Å². The van der Waals surface area contributed by atoms with Crippen molar-refractivity contribution in [1.29, 1.82) is 5.41 Å². The normalized spacial score (nSPS) is 10.7. The molecule has 5 heteroatoms. The molecule has 0 saturated carbocycles. The van der Waals surface area contributed by atoms with Crippen molar-refractivity contribution >= 4 is 35.3 Å². The van der Waals surface area contributed by atoms with E-state index in [1.807, 2.05) is 0 Å². The number of amidine groups is 1. The second kappa shape index (κ2) is 4.98. The SMILES string of the molecule is N=C(N)CN=Cc1cccc(Cl)c1Cl. The Bertz CT molecular complexity index is 374. The summed E-state index contributed by atoms with van der Waals surface area (Å²) in [5.74, 6) is 0.0133. The number of hydrogen-bond donors (Lipinski definition) is 2. The van der Waals surface area contributed by atoms with Gasteiger partial charge in [-0.3, -0.25) is 10.4 Å². The Morgan fingerprint density at radius 1 is 1.50 bits per heavy atom. The molecule has 0 aliphatic heterocycles. The average Bonchev–Trinajstić information content (AvgIpc) is 2.12. The number of benzene rings is 1. The fourth-order valence-corrected chi connectivity index (χ4v) is 1.22. The predicted octanol–water partition coefficient (Wildman–Crippen LogP) is 2.35. The fourth-order valence-electron chi connectivity index (χ4n) is 0.863. The lowest BCUT2D eigenvalue weighted by Gasteiger charge is -1.99. The zero-order chi connectivity index (χ0) is 10.6. The maximum absolute atomic E-state index is 6.96. The first-order chi connectivity index (χ1) is 6.61. The van der Waals surface area contributed by atoms with E-state index in [1.54, 1.807) is 24.4 Å². The Hall–Kier alpha value is -1.06. The van der Waals surface area contributed by atoms with Gasteiger partial charge in [-0.25, -0.2) is 0 Å². The van der Waals surface area contributed by atoms with Gasteiger partial charge >= 0.3 is 0 Å². The summed E-state index contributed by atoms with van der Waals surface area (Å²) in [7, 11) is 0. The summed E-state index contributed by atoms with van der Waals surface area (Å²) in [6.45, 7) is 0.169. The third-order valence-electron chi connectivity index (χ3n) is 1.47. The predicted molar refractivity (Wildman–Crippen MR) is 60.8 cm³/mol. The molecule has 3 N–H and O–H groups in total. The Balaban J connectivity index is 2.81. The molecule has 0 saturated heterocycles. The highest BCUT2D eigenvalue weighted by atomic mass is 35.5. The molecule has 0 aliphatic carbocycles. The molecule has 0 atom stereocenters. The van der Waals surface area contributed by atoms with Crippen LogP contribution >= 0.6 is 23.2 Å². The zero-order valence-corrected chi connectivity index (χ0v) is 8.81. The van der Waals surface area contributed by atoms with Gasteiger partial charge in [0.15, 0.2) is 0 Å². The van der Waals surface area contributed by atoms with Gasteiger partial charge in [0, 0.05) is 11.8 Å². The minimum absolute atomic E-state index is 0.0133. The minimum Gasteiger partial charge on any atom is -0.386 e. The van der Waals surface area contributed by atoms with Crippen LogP contribution in [0.25, 0.3) is 0 Å². The van der Waals surface area contributed by atoms with Gasteiger partial charge in [-0.05, 0) is 6.07 Å². The molecule has 0 unspecified atom stereocenters. The van der Waals surface area contributed by atoms with Crippen LogP contribution in [-0.4, -0.2) is 18.6 Å². The summed E-state index contributed by atoms with van der Waals surface area (Å²) in [4.78, 5) is 3.93. The Labute approximate surface area is 92.1 Å². The van der Waals surface area contributed by atoms with Crippen LogP contribution in [-0.2, 0) is 0 Å². The molecule has 1 aromatic carbocycles. The van der Waals surface area contributed by atoms with Crippen molar-refractivity contribution < 1.29 is 0 Å². The van der Waals surface area contributed by atoms with Crippen LogP contribution in [0.2, 0.25) is 10.0 Å². The average molecular weight is 230 g/mol. The van der Waals surface area contributed by atoms with E-state index in [0.717, 1.165) is 5.56 Å². The highest BCUT2D eigenvalue weighted by molar-refractivity contribution is 6.43. The van der Waals surface area contributed by atoms with Crippen molar-refractivity contribution in [2.45, 2.75) is 0 Å². The topological polar surface area (TPSA) is 62.2 Å². The van der Waals surface area contributed by atoms with Gasteiger partial charge in [-0.2, -0.15) is 0 Å². The second-order valence-electron chi connectivity index (χ2n) is 2.64. The van der Waals surface area contributed by atoms with Gasteiger partial charge in [0.2, 0.25) is 0 Å². The van der Waals surface area contributed by atoms with Gasteiger partial charge in [-0.15, -0.1) is 0 Å². The first kappa shape index (κ1) is 11.0. The van der Waals surface area contributed by atoms with E-state index < -0.39 is 0 Å². The van der Waals surface area contributed by atoms with Gasteiger partial charge in [0.05, 0.1) is 16.6 Å². The summed E-state index contributed by atoms with van der Waals surface area (Å²) in [5, 5.41) is 7.91. The zero-order valence-electron chi connectivity index (χ0n) is 7.30. The van der Waals surface area contributed by atoms with Crippen LogP contribution in [0.5, 0.6) is 0 Å². The molecule has 0 radical (unpaired) electrons. The number of hydrogen-bond acceptors (Lipinski definition) is 2. The molecule has 3 nitrogen and oxygen atoms in total.